The van der Waals surface area contributed by atoms with Crippen LogP contribution in [0.25, 0.3) is 143 Å². The summed E-state index contributed by atoms with van der Waals surface area (Å²) in [6.07, 6.45) is 0. The highest BCUT2D eigenvalue weighted by Gasteiger charge is 2.25. The quantitative estimate of drug-likeness (QED) is 0.108. The van der Waals surface area contributed by atoms with Gasteiger partial charge in [-0.1, -0.05) is 315 Å². The largest absolute Gasteiger partial charge is 0.456 e. The molecule has 112 heavy (non-hydrogen) atoms. The second-order valence-corrected chi connectivity index (χ2v) is 28.8. The summed E-state index contributed by atoms with van der Waals surface area (Å²) in [6.45, 7) is 0. The third-order valence-corrected chi connectivity index (χ3v) is 22.0. The number of furan rings is 2. The van der Waals surface area contributed by atoms with E-state index in [9.17, 15) is 0 Å². The molecule has 0 saturated carbocycles. The van der Waals surface area contributed by atoms with E-state index in [0.29, 0.717) is 0 Å². The lowest BCUT2D eigenvalue weighted by atomic mass is 9.97. The van der Waals surface area contributed by atoms with Crippen LogP contribution < -0.4 is 14.7 Å². The summed E-state index contributed by atoms with van der Waals surface area (Å²) in [5.74, 6) is 0. The molecule has 0 unspecified atom stereocenters. The number of rotatable bonds is 14. The van der Waals surface area contributed by atoms with Crippen molar-refractivity contribution >= 4 is 150 Å². The minimum Gasteiger partial charge on any atom is -0.456 e. The number of fused-ring (bicyclic) bond motifs is 14. The Balaban J connectivity index is 0.000000154. The predicted octanol–water partition coefficient (Wildman–Crippen LogP) is 31.2. The van der Waals surface area contributed by atoms with E-state index >= 15 is 0 Å². The third-order valence-electron chi connectivity index (χ3n) is 21.8. The summed E-state index contributed by atoms with van der Waals surface area (Å²) < 4.78 is 13.4. The van der Waals surface area contributed by atoms with E-state index in [4.69, 9.17) is 20.4 Å². The standard InChI is InChI=1S/C62H42N2O.C44H28ClNO/c1-4-14-43(15-5-1)45-24-33-51(34-25-45)63(50-19-8-3-9-20-50)52-35-26-47(27-36-52)48-30-39-54(40-31-48)64(53-37-28-46(29-38-53)44-16-6-2-7-17-44)58-42-60-62(57-23-13-12-22-56(57)58)61-55-21-11-10-18-49(55)32-41-59(61)65-60;45-34-21-14-30(15-22-34)32-18-25-36(26-19-32)46(35-23-16-31(17-24-35)29-8-2-1-3-9-29)40-28-42-44(39-13-7-6-12-38(39)40)43-37-11-5-4-10-33(37)20-27-41(43)47-42/h1-42H;1-28H. The molecule has 0 radical (unpaired) electrons. The number of nitrogens with zero attached hydrogens (tertiary/aromatic N) is 3. The van der Waals surface area contributed by atoms with Gasteiger partial charge in [-0.3, -0.25) is 0 Å². The fraction of sp³-hybridized carbons (Fsp3) is 0. The van der Waals surface area contributed by atoms with Crippen molar-refractivity contribution in [3.63, 3.8) is 0 Å². The molecule has 21 aromatic rings. The van der Waals surface area contributed by atoms with Crippen molar-refractivity contribution < 1.29 is 8.83 Å². The molecule has 0 aliphatic rings. The average molecular weight is 1450 g/mol. The van der Waals surface area contributed by atoms with Crippen LogP contribution in [0.2, 0.25) is 5.02 Å². The Morgan fingerprint density at radius 1 is 0.170 bits per heavy atom. The second-order valence-electron chi connectivity index (χ2n) is 28.4. The maximum absolute atomic E-state index is 6.76. The van der Waals surface area contributed by atoms with E-state index in [1.165, 1.54) is 60.3 Å². The number of benzene rings is 19. The van der Waals surface area contributed by atoms with Gasteiger partial charge >= 0.3 is 0 Å². The smallest absolute Gasteiger partial charge is 0.138 e. The van der Waals surface area contributed by atoms with Gasteiger partial charge in [-0.05, 0) is 197 Å². The topological polar surface area (TPSA) is 36.0 Å². The Morgan fingerprint density at radius 2 is 0.402 bits per heavy atom. The highest BCUT2D eigenvalue weighted by Crippen LogP contribution is 2.50. The molecular weight excluding hydrogens is 1380 g/mol. The summed E-state index contributed by atoms with van der Waals surface area (Å²) in [6, 6.07) is 151. The van der Waals surface area contributed by atoms with Gasteiger partial charge in [0.2, 0.25) is 0 Å². The van der Waals surface area contributed by atoms with Crippen molar-refractivity contribution in [3.8, 4) is 55.6 Å². The van der Waals surface area contributed by atoms with Crippen molar-refractivity contribution in [1.82, 2.24) is 0 Å². The highest BCUT2D eigenvalue weighted by atomic mass is 35.5. The molecule has 0 atom stereocenters. The molecule has 0 aliphatic heterocycles. The molecule has 0 amide bonds. The van der Waals surface area contributed by atoms with Gasteiger partial charge in [-0.25, -0.2) is 0 Å². The zero-order valence-electron chi connectivity index (χ0n) is 61.0. The first-order valence-corrected chi connectivity index (χ1v) is 38.3. The molecule has 5 nitrogen and oxygen atoms in total. The first-order valence-electron chi connectivity index (χ1n) is 37.9. The van der Waals surface area contributed by atoms with E-state index in [0.717, 1.165) is 138 Å². The fourth-order valence-electron chi connectivity index (χ4n) is 16.4. The van der Waals surface area contributed by atoms with Crippen LogP contribution in [-0.4, -0.2) is 0 Å². The van der Waals surface area contributed by atoms with Crippen molar-refractivity contribution in [2.45, 2.75) is 0 Å². The monoisotopic (exact) mass is 1450 g/mol. The average Bonchev–Trinajstić information content (AvgIpc) is 1.51. The van der Waals surface area contributed by atoms with Crippen LogP contribution >= 0.6 is 11.6 Å². The molecule has 0 fully saturated rings. The molecular formula is C106H70ClN3O2. The summed E-state index contributed by atoms with van der Waals surface area (Å²) in [4.78, 5) is 7.03. The first-order chi connectivity index (χ1) is 55.4. The minimum absolute atomic E-state index is 0.733. The van der Waals surface area contributed by atoms with Crippen LogP contribution in [0.4, 0.5) is 51.2 Å². The number of para-hydroxylation sites is 1. The Kier molecular flexibility index (Phi) is 17.3. The lowest BCUT2D eigenvalue weighted by molar-refractivity contribution is 0.669. The Morgan fingerprint density at radius 3 is 0.723 bits per heavy atom. The number of anilines is 9. The molecule has 0 N–H and O–H groups in total. The molecule has 0 aliphatic carbocycles. The van der Waals surface area contributed by atoms with E-state index in [1.54, 1.807) is 0 Å². The first kappa shape index (κ1) is 66.9. The van der Waals surface area contributed by atoms with E-state index in [2.05, 4.69) is 427 Å². The lowest BCUT2D eigenvalue weighted by Gasteiger charge is -2.27. The zero-order valence-corrected chi connectivity index (χ0v) is 61.7. The maximum Gasteiger partial charge on any atom is 0.138 e. The summed E-state index contributed by atoms with van der Waals surface area (Å²) in [7, 11) is 0. The molecule has 0 spiro atoms. The molecule has 528 valence electrons. The Bertz CT molecular complexity index is 7000. The maximum atomic E-state index is 6.76. The Labute approximate surface area is 654 Å². The Hall–Kier alpha value is -14.5. The normalized spacial score (nSPS) is 11.4. The molecule has 0 bridgehead atoms. The van der Waals surface area contributed by atoms with Crippen LogP contribution in [0.5, 0.6) is 0 Å². The lowest BCUT2D eigenvalue weighted by Crippen LogP contribution is -2.10. The molecule has 0 saturated heterocycles. The van der Waals surface area contributed by atoms with Gasteiger partial charge < -0.3 is 23.5 Å². The van der Waals surface area contributed by atoms with Gasteiger partial charge in [0.25, 0.3) is 0 Å². The zero-order chi connectivity index (χ0) is 74.4. The van der Waals surface area contributed by atoms with Crippen molar-refractivity contribution in [3.05, 3.63) is 430 Å². The molecule has 2 aromatic heterocycles. The van der Waals surface area contributed by atoms with Crippen LogP contribution in [0.3, 0.4) is 0 Å². The molecule has 19 aromatic carbocycles. The van der Waals surface area contributed by atoms with Crippen LogP contribution in [0.1, 0.15) is 0 Å². The minimum atomic E-state index is 0.733. The number of halogens is 1. The SMILES string of the molecule is Clc1ccc(-c2ccc(N(c3ccc(-c4ccccc4)cc3)c3cc4oc5ccc6ccccc6c5c4c4ccccc34)cc2)cc1.c1ccc(-c2ccc(N(c3ccccc3)c3ccc(-c4ccc(N(c5ccc(-c6ccccc6)cc5)c5cc6oc7ccc8ccccc8c7c6c6ccccc56)cc4)cc3)cc2)cc1. The van der Waals surface area contributed by atoms with Gasteiger partial charge in [0.05, 0.1) is 11.4 Å². The van der Waals surface area contributed by atoms with E-state index in [-0.39, 0.29) is 0 Å². The van der Waals surface area contributed by atoms with Gasteiger partial charge in [0, 0.05) is 89.3 Å². The van der Waals surface area contributed by atoms with Gasteiger partial charge in [-0.15, -0.1) is 0 Å². The van der Waals surface area contributed by atoms with Crippen molar-refractivity contribution in [2.24, 2.45) is 0 Å². The number of hydrogen-bond donors (Lipinski definition) is 0. The third kappa shape index (κ3) is 12.5. The second kappa shape index (κ2) is 28.9. The predicted molar refractivity (Wildman–Crippen MR) is 474 cm³/mol. The van der Waals surface area contributed by atoms with Crippen LogP contribution in [0.15, 0.2) is 433 Å². The van der Waals surface area contributed by atoms with Crippen LogP contribution in [-0.2, 0) is 0 Å². The summed E-state index contributed by atoms with van der Waals surface area (Å²) >= 11 is 6.18. The van der Waals surface area contributed by atoms with E-state index < -0.39 is 0 Å². The van der Waals surface area contributed by atoms with Gasteiger partial charge in [0.1, 0.15) is 22.3 Å². The van der Waals surface area contributed by atoms with Crippen molar-refractivity contribution in [2.75, 3.05) is 14.7 Å². The number of hydrogen-bond acceptors (Lipinski definition) is 5. The summed E-state index contributed by atoms with van der Waals surface area (Å²) in [5.41, 5.74) is 24.9. The van der Waals surface area contributed by atoms with Crippen LogP contribution in [0, 0.1) is 0 Å². The molecule has 2 heterocycles. The van der Waals surface area contributed by atoms with Gasteiger partial charge in [0.15, 0.2) is 0 Å². The highest BCUT2D eigenvalue weighted by molar-refractivity contribution is 6.31. The van der Waals surface area contributed by atoms with Gasteiger partial charge in [-0.2, -0.15) is 0 Å². The van der Waals surface area contributed by atoms with E-state index in [1.807, 2.05) is 12.1 Å². The molecule has 21 rings (SSSR count). The molecule has 6 heteroatoms. The fourth-order valence-corrected chi connectivity index (χ4v) is 16.5. The summed E-state index contributed by atoms with van der Waals surface area (Å²) in [5, 5.41) is 14.8. The van der Waals surface area contributed by atoms with Crippen molar-refractivity contribution in [1.29, 1.82) is 0 Å².